The summed E-state index contributed by atoms with van der Waals surface area (Å²) in [5, 5.41) is 5.77. The van der Waals surface area contributed by atoms with Crippen LogP contribution in [0.1, 0.15) is 0 Å². The average molecular weight is 556 g/mol. The molecule has 0 atom stereocenters. The Kier molecular flexibility index (Phi) is 7.28. The number of thiazole rings is 1. The Morgan fingerprint density at radius 3 is 2.38 bits per heavy atom. The first-order valence-electron chi connectivity index (χ1n) is 9.81. The number of halogens is 2. The van der Waals surface area contributed by atoms with Crippen LogP contribution in [0.5, 0.6) is 0 Å². The molecule has 1 amide bonds. The molecule has 2 aromatic carbocycles. The molecule has 0 bridgehead atoms. The molecule has 3 aromatic rings. The third-order valence-corrected chi connectivity index (χ3v) is 8.49. The molecular formula is C21H20BrClN4O3S2. The first kappa shape index (κ1) is 23.3. The van der Waals surface area contributed by atoms with Gasteiger partial charge in [-0.2, -0.15) is 4.31 Å². The van der Waals surface area contributed by atoms with Crippen LogP contribution >= 0.6 is 38.9 Å². The number of sulfonamides is 1. The van der Waals surface area contributed by atoms with Crippen LogP contribution in [0.25, 0.3) is 11.3 Å². The number of amides is 1. The van der Waals surface area contributed by atoms with Crippen LogP contribution in [0.3, 0.4) is 0 Å². The summed E-state index contributed by atoms with van der Waals surface area (Å²) in [6.07, 6.45) is 0. The summed E-state index contributed by atoms with van der Waals surface area (Å²) in [6.45, 7) is 1.78. The second kappa shape index (κ2) is 9.98. The van der Waals surface area contributed by atoms with E-state index in [4.69, 9.17) is 11.6 Å². The van der Waals surface area contributed by atoms with Gasteiger partial charge in [-0.05, 0) is 36.4 Å². The van der Waals surface area contributed by atoms with E-state index < -0.39 is 10.0 Å². The number of hydrogen-bond donors (Lipinski definition) is 1. The number of rotatable bonds is 6. The van der Waals surface area contributed by atoms with Gasteiger partial charge in [-0.25, -0.2) is 13.4 Å². The molecule has 1 aliphatic rings. The summed E-state index contributed by atoms with van der Waals surface area (Å²) >= 11 is 10.6. The fourth-order valence-corrected chi connectivity index (χ4v) is 5.88. The zero-order valence-electron chi connectivity index (χ0n) is 16.9. The summed E-state index contributed by atoms with van der Waals surface area (Å²) in [4.78, 5) is 19.1. The molecule has 7 nitrogen and oxygen atoms in total. The molecule has 0 spiro atoms. The third-order valence-electron chi connectivity index (χ3n) is 5.04. The highest BCUT2D eigenvalue weighted by Crippen LogP contribution is 2.26. The molecular weight excluding hydrogens is 536 g/mol. The lowest BCUT2D eigenvalue weighted by molar-refractivity contribution is -0.117. The van der Waals surface area contributed by atoms with Gasteiger partial charge in [0.2, 0.25) is 15.9 Å². The number of carbonyl (C=O) groups excluding carboxylic acids is 1. The Labute approximate surface area is 204 Å². The SMILES string of the molecule is O=C(CN1CCN(S(=O)(=O)c2ccc(Cl)cc2)CC1)Nc1nc(-c2ccc(Br)cc2)cs1. The van der Waals surface area contributed by atoms with E-state index in [0.717, 1.165) is 15.7 Å². The number of nitrogens with zero attached hydrogens (tertiary/aromatic N) is 3. The van der Waals surface area contributed by atoms with Crippen LogP contribution in [0.2, 0.25) is 5.02 Å². The molecule has 1 aromatic heterocycles. The highest BCUT2D eigenvalue weighted by atomic mass is 79.9. The summed E-state index contributed by atoms with van der Waals surface area (Å²) in [5.41, 5.74) is 1.78. The van der Waals surface area contributed by atoms with Gasteiger partial charge in [-0.15, -0.1) is 11.3 Å². The first-order valence-corrected chi connectivity index (χ1v) is 13.3. The number of hydrogen-bond acceptors (Lipinski definition) is 6. The van der Waals surface area contributed by atoms with Crippen molar-refractivity contribution >= 4 is 59.9 Å². The molecule has 2 heterocycles. The zero-order valence-corrected chi connectivity index (χ0v) is 20.8. The Morgan fingerprint density at radius 1 is 1.06 bits per heavy atom. The maximum Gasteiger partial charge on any atom is 0.243 e. The van der Waals surface area contributed by atoms with Crippen LogP contribution in [0.4, 0.5) is 5.13 Å². The summed E-state index contributed by atoms with van der Waals surface area (Å²) in [6, 6.07) is 14.0. The van der Waals surface area contributed by atoms with Crippen LogP contribution in [-0.2, 0) is 14.8 Å². The Hall–Kier alpha value is -1.82. The van der Waals surface area contributed by atoms with Crippen molar-refractivity contribution in [3.8, 4) is 11.3 Å². The van der Waals surface area contributed by atoms with Crippen molar-refractivity contribution in [1.29, 1.82) is 0 Å². The number of anilines is 1. The number of nitrogens with one attached hydrogen (secondary N) is 1. The van der Waals surface area contributed by atoms with Gasteiger partial charge in [0.15, 0.2) is 5.13 Å². The first-order chi connectivity index (χ1) is 15.3. The molecule has 1 saturated heterocycles. The van der Waals surface area contributed by atoms with Gasteiger partial charge >= 0.3 is 0 Å². The van der Waals surface area contributed by atoms with Crippen molar-refractivity contribution in [3.63, 3.8) is 0 Å². The van der Waals surface area contributed by atoms with Gasteiger partial charge in [0.25, 0.3) is 0 Å². The fraction of sp³-hybridized carbons (Fsp3) is 0.238. The normalized spacial score (nSPS) is 15.6. The number of aromatic nitrogens is 1. The second-order valence-electron chi connectivity index (χ2n) is 7.23. The molecule has 1 N–H and O–H groups in total. The molecule has 11 heteroatoms. The monoisotopic (exact) mass is 554 g/mol. The van der Waals surface area contributed by atoms with E-state index >= 15 is 0 Å². The van der Waals surface area contributed by atoms with Crippen LogP contribution in [-0.4, -0.2) is 61.2 Å². The predicted molar refractivity (Wildman–Crippen MR) is 131 cm³/mol. The maximum atomic E-state index is 12.8. The summed E-state index contributed by atoms with van der Waals surface area (Å²) in [5.74, 6) is -0.171. The lowest BCUT2D eigenvalue weighted by Crippen LogP contribution is -2.50. The van der Waals surface area contributed by atoms with E-state index in [1.54, 1.807) is 12.1 Å². The fourth-order valence-electron chi connectivity index (χ4n) is 3.33. The molecule has 1 aliphatic heterocycles. The van der Waals surface area contributed by atoms with Crippen LogP contribution in [0, 0.1) is 0 Å². The molecule has 4 rings (SSSR count). The van der Waals surface area contributed by atoms with Gasteiger partial charge in [0.05, 0.1) is 17.1 Å². The summed E-state index contributed by atoms with van der Waals surface area (Å²) in [7, 11) is -3.57. The lowest BCUT2D eigenvalue weighted by atomic mass is 10.2. The van der Waals surface area contributed by atoms with E-state index in [0.29, 0.717) is 36.3 Å². The maximum absolute atomic E-state index is 12.8. The summed E-state index contributed by atoms with van der Waals surface area (Å²) < 4.78 is 28.0. The number of carbonyl (C=O) groups is 1. The van der Waals surface area contributed by atoms with Crippen molar-refractivity contribution in [3.05, 3.63) is 63.4 Å². The van der Waals surface area contributed by atoms with Crippen molar-refractivity contribution in [1.82, 2.24) is 14.2 Å². The Morgan fingerprint density at radius 2 is 1.72 bits per heavy atom. The predicted octanol–water partition coefficient (Wildman–Crippen LogP) is 4.17. The minimum Gasteiger partial charge on any atom is -0.301 e. The molecule has 0 unspecified atom stereocenters. The quantitative estimate of drug-likeness (QED) is 0.494. The van der Waals surface area contributed by atoms with Gasteiger partial charge in [-0.1, -0.05) is 39.7 Å². The van der Waals surface area contributed by atoms with Gasteiger partial charge in [0, 0.05) is 46.6 Å². The van der Waals surface area contributed by atoms with Crippen molar-refractivity contribution in [2.75, 3.05) is 38.0 Å². The standard InChI is InChI=1S/C21H20BrClN4O3S2/c22-16-3-1-15(2-4-16)19-14-31-21(24-19)25-20(28)13-26-9-11-27(12-10-26)32(29,30)18-7-5-17(23)6-8-18/h1-8,14H,9-13H2,(H,24,25,28). The zero-order chi connectivity index (χ0) is 22.7. The van der Waals surface area contributed by atoms with E-state index in [9.17, 15) is 13.2 Å². The molecule has 168 valence electrons. The van der Waals surface area contributed by atoms with E-state index in [1.807, 2.05) is 34.5 Å². The second-order valence-corrected chi connectivity index (χ2v) is 11.4. The van der Waals surface area contributed by atoms with Crippen molar-refractivity contribution in [2.45, 2.75) is 4.90 Å². The highest BCUT2D eigenvalue weighted by molar-refractivity contribution is 9.10. The topological polar surface area (TPSA) is 82.6 Å². The molecule has 0 aliphatic carbocycles. The highest BCUT2D eigenvalue weighted by Gasteiger charge is 2.29. The smallest absolute Gasteiger partial charge is 0.243 e. The third kappa shape index (κ3) is 5.56. The largest absolute Gasteiger partial charge is 0.301 e. The Bertz CT molecular complexity index is 1190. The minimum absolute atomic E-state index is 0.171. The van der Waals surface area contributed by atoms with Crippen molar-refractivity contribution in [2.24, 2.45) is 0 Å². The van der Waals surface area contributed by atoms with Crippen molar-refractivity contribution < 1.29 is 13.2 Å². The van der Waals surface area contributed by atoms with E-state index in [1.165, 1.54) is 27.8 Å². The van der Waals surface area contributed by atoms with E-state index in [-0.39, 0.29) is 17.3 Å². The molecule has 0 saturated carbocycles. The Balaban J connectivity index is 1.29. The van der Waals surface area contributed by atoms with Gasteiger partial charge < -0.3 is 5.32 Å². The van der Waals surface area contributed by atoms with Crippen LogP contribution in [0.15, 0.2) is 63.3 Å². The number of benzene rings is 2. The molecule has 32 heavy (non-hydrogen) atoms. The van der Waals surface area contributed by atoms with Gasteiger partial charge in [0.1, 0.15) is 0 Å². The molecule has 0 radical (unpaired) electrons. The van der Waals surface area contributed by atoms with Gasteiger partial charge in [-0.3, -0.25) is 9.69 Å². The average Bonchev–Trinajstić information content (AvgIpc) is 3.23. The van der Waals surface area contributed by atoms with Crippen LogP contribution < -0.4 is 5.32 Å². The molecule has 1 fully saturated rings. The van der Waals surface area contributed by atoms with E-state index in [2.05, 4.69) is 26.2 Å². The number of piperazine rings is 1. The lowest BCUT2D eigenvalue weighted by Gasteiger charge is -2.33. The minimum atomic E-state index is -3.57.